The zero-order chi connectivity index (χ0) is 37.7. The highest BCUT2D eigenvalue weighted by Gasteiger charge is 2.19. The summed E-state index contributed by atoms with van der Waals surface area (Å²) in [6.07, 6.45) is 1.93. The van der Waals surface area contributed by atoms with Gasteiger partial charge in [0, 0.05) is 38.5 Å². The van der Waals surface area contributed by atoms with E-state index in [2.05, 4.69) is 164 Å². The van der Waals surface area contributed by atoms with Crippen molar-refractivity contribution in [3.05, 3.63) is 194 Å². The number of thiophene rings is 1. The van der Waals surface area contributed by atoms with Gasteiger partial charge in [-0.15, -0.1) is 11.3 Å². The SMILES string of the molecule is c1ccc(-c2ccc(-c3nc(-c4ccccc4)nc(-c4cc(-c5cc6ccccc6c6ccccc56)cc(-c5ccnc6c5sc5ccccc56)c4)n3)cc2)cc1. The van der Waals surface area contributed by atoms with Crippen LogP contribution < -0.4 is 0 Å². The number of pyridine rings is 1. The van der Waals surface area contributed by atoms with E-state index < -0.39 is 0 Å². The van der Waals surface area contributed by atoms with E-state index in [9.17, 15) is 0 Å². The van der Waals surface area contributed by atoms with Crippen LogP contribution in [0.1, 0.15) is 0 Å². The van der Waals surface area contributed by atoms with Crippen LogP contribution in [0.3, 0.4) is 0 Å². The van der Waals surface area contributed by atoms with Crippen molar-refractivity contribution in [3.8, 4) is 67.5 Å². The van der Waals surface area contributed by atoms with Crippen molar-refractivity contribution < 1.29 is 0 Å². The van der Waals surface area contributed by atoms with Crippen molar-refractivity contribution in [1.29, 1.82) is 0 Å². The Labute approximate surface area is 333 Å². The smallest absolute Gasteiger partial charge is 0.164 e. The second-order valence-corrected chi connectivity index (χ2v) is 15.3. The molecule has 57 heavy (non-hydrogen) atoms. The summed E-state index contributed by atoms with van der Waals surface area (Å²) in [6.45, 7) is 0. The van der Waals surface area contributed by atoms with Gasteiger partial charge < -0.3 is 0 Å². The molecule has 0 amide bonds. The van der Waals surface area contributed by atoms with Crippen LogP contribution in [0, 0.1) is 0 Å². The molecule has 11 rings (SSSR count). The normalized spacial score (nSPS) is 11.5. The molecule has 0 spiro atoms. The van der Waals surface area contributed by atoms with Crippen molar-refractivity contribution in [1.82, 2.24) is 19.9 Å². The highest BCUT2D eigenvalue weighted by molar-refractivity contribution is 7.26. The molecular formula is C52H32N4S. The van der Waals surface area contributed by atoms with Crippen LogP contribution in [-0.2, 0) is 0 Å². The van der Waals surface area contributed by atoms with Crippen LogP contribution in [0.5, 0.6) is 0 Å². The lowest BCUT2D eigenvalue weighted by molar-refractivity contribution is 1.07. The van der Waals surface area contributed by atoms with Gasteiger partial charge in [0.15, 0.2) is 17.5 Å². The summed E-state index contributed by atoms with van der Waals surface area (Å²) in [7, 11) is 0. The average molecular weight is 745 g/mol. The topological polar surface area (TPSA) is 51.6 Å². The Morgan fingerprint density at radius 1 is 0.333 bits per heavy atom. The molecule has 5 heteroatoms. The second kappa shape index (κ2) is 13.7. The molecule has 0 atom stereocenters. The summed E-state index contributed by atoms with van der Waals surface area (Å²) in [5, 5.41) is 6.02. The quantitative estimate of drug-likeness (QED) is 0.159. The van der Waals surface area contributed by atoms with Gasteiger partial charge in [-0.2, -0.15) is 0 Å². The monoisotopic (exact) mass is 744 g/mol. The molecule has 0 radical (unpaired) electrons. The molecule has 4 nitrogen and oxygen atoms in total. The largest absolute Gasteiger partial charge is 0.255 e. The standard InChI is InChI=1S/C52H32N4S/c1-3-13-33(14-4-1)34-23-25-36(26-24-34)51-54-50(35-15-5-2-6-16-35)55-52(56-51)40-30-38(42-27-28-53-48-45-21-11-12-22-47(45)57-49(42)48)29-39(31-40)46-32-37-17-7-8-18-41(37)43-19-9-10-20-44(43)46/h1-32H. The first kappa shape index (κ1) is 33.0. The van der Waals surface area contributed by atoms with Crippen LogP contribution in [0.2, 0.25) is 0 Å². The van der Waals surface area contributed by atoms with Gasteiger partial charge in [0.1, 0.15) is 0 Å². The van der Waals surface area contributed by atoms with E-state index in [1.165, 1.54) is 37.2 Å². The predicted molar refractivity (Wildman–Crippen MR) is 238 cm³/mol. The molecule has 0 bridgehead atoms. The van der Waals surface area contributed by atoms with Gasteiger partial charge in [-0.25, -0.2) is 15.0 Å². The molecule has 0 N–H and O–H groups in total. The van der Waals surface area contributed by atoms with E-state index in [-0.39, 0.29) is 0 Å². The Kier molecular flexibility index (Phi) is 7.97. The first-order valence-electron chi connectivity index (χ1n) is 19.0. The fourth-order valence-corrected chi connectivity index (χ4v) is 9.18. The third kappa shape index (κ3) is 5.93. The molecule has 11 aromatic rings. The maximum atomic E-state index is 5.25. The van der Waals surface area contributed by atoms with Crippen molar-refractivity contribution >= 4 is 53.2 Å². The third-order valence-corrected chi connectivity index (χ3v) is 12.0. The maximum absolute atomic E-state index is 5.25. The number of rotatable bonds is 6. The van der Waals surface area contributed by atoms with Crippen LogP contribution in [0.4, 0.5) is 0 Å². The molecule has 0 aliphatic rings. The fourth-order valence-electron chi connectivity index (χ4n) is 7.99. The van der Waals surface area contributed by atoms with Gasteiger partial charge in [0.05, 0.1) is 10.2 Å². The van der Waals surface area contributed by atoms with Gasteiger partial charge in [0.2, 0.25) is 0 Å². The molecule has 8 aromatic carbocycles. The van der Waals surface area contributed by atoms with E-state index in [4.69, 9.17) is 19.9 Å². The second-order valence-electron chi connectivity index (χ2n) is 14.2. The lowest BCUT2D eigenvalue weighted by Crippen LogP contribution is -2.00. The van der Waals surface area contributed by atoms with Crippen molar-refractivity contribution in [2.75, 3.05) is 0 Å². The van der Waals surface area contributed by atoms with Crippen molar-refractivity contribution in [2.45, 2.75) is 0 Å². The molecule has 0 fully saturated rings. The lowest BCUT2D eigenvalue weighted by Gasteiger charge is -2.15. The van der Waals surface area contributed by atoms with E-state index in [0.29, 0.717) is 17.5 Å². The van der Waals surface area contributed by atoms with Gasteiger partial charge in [-0.3, -0.25) is 4.98 Å². The molecule has 266 valence electrons. The van der Waals surface area contributed by atoms with Gasteiger partial charge in [-0.1, -0.05) is 152 Å². The number of nitrogens with zero attached hydrogens (tertiary/aromatic N) is 4. The summed E-state index contributed by atoms with van der Waals surface area (Å²) in [5.41, 5.74) is 10.5. The summed E-state index contributed by atoms with van der Waals surface area (Å²) >= 11 is 1.79. The Hall–Kier alpha value is -7.34. The number of hydrogen-bond acceptors (Lipinski definition) is 5. The van der Waals surface area contributed by atoms with Gasteiger partial charge in [-0.05, 0) is 85.8 Å². The number of fused-ring (bicyclic) bond motifs is 6. The lowest BCUT2D eigenvalue weighted by atomic mass is 9.90. The van der Waals surface area contributed by atoms with Crippen molar-refractivity contribution in [3.63, 3.8) is 0 Å². The zero-order valence-electron chi connectivity index (χ0n) is 30.7. The first-order chi connectivity index (χ1) is 28.2. The molecule has 0 saturated heterocycles. The molecule has 0 aliphatic heterocycles. The molecule has 0 saturated carbocycles. The van der Waals surface area contributed by atoms with E-state index in [0.717, 1.165) is 54.7 Å². The first-order valence-corrected chi connectivity index (χ1v) is 19.9. The van der Waals surface area contributed by atoms with E-state index in [1.54, 1.807) is 11.3 Å². The summed E-state index contributed by atoms with van der Waals surface area (Å²) < 4.78 is 2.38. The van der Waals surface area contributed by atoms with Crippen LogP contribution >= 0.6 is 11.3 Å². The Morgan fingerprint density at radius 3 is 1.58 bits per heavy atom. The highest BCUT2D eigenvalue weighted by Crippen LogP contribution is 2.43. The number of aromatic nitrogens is 4. The van der Waals surface area contributed by atoms with E-state index in [1.807, 2.05) is 30.5 Å². The zero-order valence-corrected chi connectivity index (χ0v) is 31.5. The average Bonchev–Trinajstić information content (AvgIpc) is 3.68. The Morgan fingerprint density at radius 2 is 0.842 bits per heavy atom. The Balaban J connectivity index is 1.17. The minimum Gasteiger partial charge on any atom is -0.255 e. The predicted octanol–water partition coefficient (Wildman–Crippen LogP) is 13.9. The summed E-state index contributed by atoms with van der Waals surface area (Å²) in [4.78, 5) is 20.4. The molecule has 0 aliphatic carbocycles. The fraction of sp³-hybridized carbons (Fsp3) is 0. The van der Waals surface area contributed by atoms with Crippen molar-refractivity contribution in [2.24, 2.45) is 0 Å². The van der Waals surface area contributed by atoms with Crippen LogP contribution in [0.25, 0.3) is 109 Å². The van der Waals surface area contributed by atoms with Gasteiger partial charge in [0.25, 0.3) is 0 Å². The Bertz CT molecular complexity index is 3280. The van der Waals surface area contributed by atoms with Crippen LogP contribution in [0.15, 0.2) is 194 Å². The molecular weight excluding hydrogens is 713 g/mol. The summed E-state index contributed by atoms with van der Waals surface area (Å²) in [5.74, 6) is 1.86. The maximum Gasteiger partial charge on any atom is 0.164 e. The number of hydrogen-bond donors (Lipinski definition) is 0. The molecule has 3 aromatic heterocycles. The number of benzene rings is 8. The van der Waals surface area contributed by atoms with Gasteiger partial charge >= 0.3 is 0 Å². The molecule has 0 unspecified atom stereocenters. The minimum absolute atomic E-state index is 0.612. The van der Waals surface area contributed by atoms with Crippen LogP contribution in [-0.4, -0.2) is 19.9 Å². The third-order valence-electron chi connectivity index (χ3n) is 10.8. The molecule has 3 heterocycles. The summed E-state index contributed by atoms with van der Waals surface area (Å²) in [6, 6.07) is 66.2. The highest BCUT2D eigenvalue weighted by atomic mass is 32.1. The minimum atomic E-state index is 0.612. The van der Waals surface area contributed by atoms with E-state index >= 15 is 0 Å².